The lowest BCUT2D eigenvalue weighted by Crippen LogP contribution is -1.96. The molecule has 2 heterocycles. The van der Waals surface area contributed by atoms with Gasteiger partial charge in [0, 0.05) is 36.9 Å². The molecule has 2 nitrogen and oxygen atoms in total. The molecule has 9 aromatic rings. The molecule has 0 unspecified atom stereocenters. The number of hydrogen-bond donors (Lipinski definition) is 0. The highest BCUT2D eigenvalue weighted by molar-refractivity contribution is 7.26. The van der Waals surface area contributed by atoms with Gasteiger partial charge in [-0.3, -0.25) is 0 Å². The van der Waals surface area contributed by atoms with Gasteiger partial charge in [0.25, 0.3) is 0 Å². The van der Waals surface area contributed by atoms with E-state index in [0.29, 0.717) is 0 Å². The van der Waals surface area contributed by atoms with E-state index in [1.54, 1.807) is 0 Å². The normalized spacial score (nSPS) is 11.4. The van der Waals surface area contributed by atoms with Crippen molar-refractivity contribution in [2.45, 2.75) is 0 Å². The van der Waals surface area contributed by atoms with E-state index in [2.05, 4.69) is 164 Å². The molecule has 0 atom stereocenters. The van der Waals surface area contributed by atoms with Crippen LogP contribution in [0.3, 0.4) is 0 Å². The van der Waals surface area contributed by atoms with Gasteiger partial charge in [-0.15, -0.1) is 11.3 Å². The van der Waals surface area contributed by atoms with Crippen LogP contribution < -0.4 is 0 Å². The molecule has 3 heteroatoms. The van der Waals surface area contributed by atoms with E-state index in [0.717, 1.165) is 39.3 Å². The van der Waals surface area contributed by atoms with Crippen LogP contribution in [0.4, 0.5) is 0 Å². The highest BCUT2D eigenvalue weighted by Crippen LogP contribution is 2.40. The highest BCUT2D eigenvalue weighted by atomic mass is 32.1. The first-order chi connectivity index (χ1) is 23.3. The lowest BCUT2D eigenvalue weighted by atomic mass is 9.99. The van der Waals surface area contributed by atoms with E-state index in [1.165, 1.54) is 47.8 Å². The van der Waals surface area contributed by atoms with Crippen molar-refractivity contribution in [3.05, 3.63) is 170 Å². The van der Waals surface area contributed by atoms with E-state index in [9.17, 15) is 0 Å². The van der Waals surface area contributed by atoms with E-state index in [4.69, 9.17) is 9.97 Å². The molecule has 47 heavy (non-hydrogen) atoms. The van der Waals surface area contributed by atoms with Crippen molar-refractivity contribution in [2.75, 3.05) is 0 Å². The van der Waals surface area contributed by atoms with Crippen LogP contribution in [0.25, 0.3) is 87.1 Å². The third-order valence-electron chi connectivity index (χ3n) is 8.94. The zero-order valence-corrected chi connectivity index (χ0v) is 26.3. The number of aromatic nitrogens is 2. The summed E-state index contributed by atoms with van der Waals surface area (Å²) in [6, 6.07) is 60.2. The SMILES string of the molecule is c1ccc(-c2ccc(-c3cc(-c4ccc(-c5cccc6c5sc5ccccc56)cc4)nc(-c4cccc5ccccc45)n3)cc2)cc1. The lowest BCUT2D eigenvalue weighted by molar-refractivity contribution is 1.19. The van der Waals surface area contributed by atoms with Gasteiger partial charge in [0.1, 0.15) is 0 Å². The average molecular weight is 617 g/mol. The van der Waals surface area contributed by atoms with Crippen LogP contribution in [0.2, 0.25) is 0 Å². The maximum absolute atomic E-state index is 5.19. The van der Waals surface area contributed by atoms with Crippen molar-refractivity contribution in [1.29, 1.82) is 0 Å². The lowest BCUT2D eigenvalue weighted by Gasteiger charge is -2.12. The Labute approximate surface area is 277 Å². The molecule has 2 aromatic heterocycles. The summed E-state index contributed by atoms with van der Waals surface area (Å²) in [4.78, 5) is 10.3. The predicted molar refractivity (Wildman–Crippen MR) is 200 cm³/mol. The molecule has 0 spiro atoms. The summed E-state index contributed by atoms with van der Waals surface area (Å²) in [5.41, 5.74) is 9.78. The number of fused-ring (bicyclic) bond motifs is 4. The topological polar surface area (TPSA) is 25.8 Å². The molecule has 0 aliphatic carbocycles. The minimum atomic E-state index is 0.723. The molecular formula is C44H28N2S. The molecule has 0 bridgehead atoms. The number of nitrogens with zero attached hydrogens (tertiary/aromatic N) is 2. The van der Waals surface area contributed by atoms with Crippen molar-refractivity contribution in [1.82, 2.24) is 9.97 Å². The Morgan fingerprint density at radius 3 is 1.66 bits per heavy atom. The van der Waals surface area contributed by atoms with Gasteiger partial charge in [-0.05, 0) is 45.2 Å². The highest BCUT2D eigenvalue weighted by Gasteiger charge is 2.15. The molecule has 0 saturated carbocycles. The summed E-state index contributed by atoms with van der Waals surface area (Å²) in [6.45, 7) is 0. The number of benzene rings is 7. The van der Waals surface area contributed by atoms with Crippen LogP contribution in [0.5, 0.6) is 0 Å². The van der Waals surface area contributed by atoms with Gasteiger partial charge >= 0.3 is 0 Å². The van der Waals surface area contributed by atoms with Crippen molar-refractivity contribution in [3.63, 3.8) is 0 Å². The Balaban J connectivity index is 1.16. The van der Waals surface area contributed by atoms with Crippen molar-refractivity contribution in [3.8, 4) is 56.2 Å². The Morgan fingerprint density at radius 1 is 0.362 bits per heavy atom. The third kappa shape index (κ3) is 4.98. The zero-order chi connectivity index (χ0) is 31.2. The molecule has 9 rings (SSSR count). The molecule has 0 amide bonds. The van der Waals surface area contributed by atoms with Crippen molar-refractivity contribution in [2.24, 2.45) is 0 Å². The second-order valence-corrected chi connectivity index (χ2v) is 12.8. The Bertz CT molecular complexity index is 2540. The molecule has 0 radical (unpaired) electrons. The van der Waals surface area contributed by atoms with Gasteiger partial charge in [-0.25, -0.2) is 9.97 Å². The molecule has 220 valence electrons. The standard InChI is InChI=1S/C44H28N2S/c1-2-10-29(11-3-1)30-20-24-33(25-21-30)40-28-41(46-44(45-40)39-18-8-13-31-12-4-5-14-35(31)39)34-26-22-32(23-27-34)36-16-9-17-38-37-15-6-7-19-42(37)47-43(36)38/h1-28H. The Hall–Kier alpha value is -5.90. The van der Waals surface area contributed by atoms with Crippen LogP contribution in [-0.4, -0.2) is 9.97 Å². The number of thiophene rings is 1. The first-order valence-corrected chi connectivity index (χ1v) is 16.6. The van der Waals surface area contributed by atoms with Crippen LogP contribution >= 0.6 is 11.3 Å². The number of rotatable bonds is 5. The quantitative estimate of drug-likeness (QED) is 0.192. The summed E-state index contributed by atoms with van der Waals surface area (Å²) >= 11 is 1.86. The monoisotopic (exact) mass is 616 g/mol. The van der Waals surface area contributed by atoms with E-state index < -0.39 is 0 Å². The maximum Gasteiger partial charge on any atom is 0.161 e. The second kappa shape index (κ2) is 11.5. The van der Waals surface area contributed by atoms with Crippen molar-refractivity contribution < 1.29 is 0 Å². The Kier molecular flexibility index (Phi) is 6.69. The largest absolute Gasteiger partial charge is 0.228 e. The van der Waals surface area contributed by atoms with Gasteiger partial charge in [0.2, 0.25) is 0 Å². The Morgan fingerprint density at radius 2 is 0.894 bits per heavy atom. The molecule has 0 fully saturated rings. The summed E-state index contributed by atoms with van der Waals surface area (Å²) in [7, 11) is 0. The predicted octanol–water partition coefficient (Wildman–Crippen LogP) is 12.3. The fourth-order valence-corrected chi connectivity index (χ4v) is 7.78. The second-order valence-electron chi connectivity index (χ2n) is 11.8. The fraction of sp³-hybridized carbons (Fsp3) is 0. The van der Waals surface area contributed by atoms with Gasteiger partial charge in [0.05, 0.1) is 11.4 Å². The van der Waals surface area contributed by atoms with Gasteiger partial charge < -0.3 is 0 Å². The molecule has 0 aliphatic rings. The van der Waals surface area contributed by atoms with E-state index in [1.807, 2.05) is 17.4 Å². The first kappa shape index (κ1) is 27.4. The van der Waals surface area contributed by atoms with E-state index in [-0.39, 0.29) is 0 Å². The molecule has 0 aliphatic heterocycles. The molecule has 0 saturated heterocycles. The fourth-order valence-electron chi connectivity index (χ4n) is 6.54. The summed E-state index contributed by atoms with van der Waals surface area (Å²) in [6.07, 6.45) is 0. The minimum absolute atomic E-state index is 0.723. The number of hydrogen-bond acceptors (Lipinski definition) is 3. The summed E-state index contributed by atoms with van der Waals surface area (Å²) in [5, 5.41) is 4.94. The first-order valence-electron chi connectivity index (χ1n) is 15.8. The minimum Gasteiger partial charge on any atom is -0.228 e. The smallest absolute Gasteiger partial charge is 0.161 e. The van der Waals surface area contributed by atoms with Gasteiger partial charge in [-0.2, -0.15) is 0 Å². The zero-order valence-electron chi connectivity index (χ0n) is 25.5. The van der Waals surface area contributed by atoms with Crippen molar-refractivity contribution >= 4 is 42.3 Å². The van der Waals surface area contributed by atoms with E-state index >= 15 is 0 Å². The summed E-state index contributed by atoms with van der Waals surface area (Å²) in [5.74, 6) is 0.723. The van der Waals surface area contributed by atoms with Crippen LogP contribution in [0.1, 0.15) is 0 Å². The van der Waals surface area contributed by atoms with Gasteiger partial charge in [0.15, 0.2) is 5.82 Å². The van der Waals surface area contributed by atoms with Crippen LogP contribution in [-0.2, 0) is 0 Å². The molecule has 0 N–H and O–H groups in total. The molecular weight excluding hydrogens is 589 g/mol. The van der Waals surface area contributed by atoms with Crippen LogP contribution in [0, 0.1) is 0 Å². The maximum atomic E-state index is 5.19. The average Bonchev–Trinajstić information content (AvgIpc) is 3.54. The summed E-state index contributed by atoms with van der Waals surface area (Å²) < 4.78 is 2.64. The third-order valence-corrected chi connectivity index (χ3v) is 10.2. The van der Waals surface area contributed by atoms with Crippen LogP contribution in [0.15, 0.2) is 170 Å². The molecule has 7 aromatic carbocycles. The van der Waals surface area contributed by atoms with Gasteiger partial charge in [-0.1, -0.05) is 158 Å².